The first-order chi connectivity index (χ1) is 6.43. The summed E-state index contributed by atoms with van der Waals surface area (Å²) in [4.78, 5) is 10.4. The van der Waals surface area contributed by atoms with Crippen molar-refractivity contribution in [3.63, 3.8) is 0 Å². The van der Waals surface area contributed by atoms with E-state index in [-0.39, 0.29) is 48.2 Å². The third kappa shape index (κ3) is 5.52. The maximum atomic E-state index is 10.4. The van der Waals surface area contributed by atoms with Crippen LogP contribution in [0.2, 0.25) is 0 Å². The van der Waals surface area contributed by atoms with Gasteiger partial charge in [0.2, 0.25) is 0 Å². The summed E-state index contributed by atoms with van der Waals surface area (Å²) in [5.41, 5.74) is 0. The number of carboxylic acid groups (broad SMARTS) is 1. The molecule has 0 spiro atoms. The van der Waals surface area contributed by atoms with Crippen LogP contribution in [0.1, 0.15) is 26.7 Å². The van der Waals surface area contributed by atoms with E-state index in [0.717, 1.165) is 0 Å². The van der Waals surface area contributed by atoms with Crippen molar-refractivity contribution in [3.05, 3.63) is 0 Å². The van der Waals surface area contributed by atoms with Crippen LogP contribution in [0, 0.1) is 0 Å². The van der Waals surface area contributed by atoms with E-state index in [1.54, 1.807) is 13.8 Å². The molecule has 2 atom stereocenters. The molecule has 0 N–H and O–H groups in total. The van der Waals surface area contributed by atoms with E-state index in [0.29, 0.717) is 12.3 Å². The zero-order valence-electron chi connectivity index (χ0n) is 9.29. The molecule has 1 aliphatic rings. The van der Waals surface area contributed by atoms with Gasteiger partial charge in [0.05, 0.1) is 12.2 Å². The maximum Gasteiger partial charge on any atom is 1.00 e. The van der Waals surface area contributed by atoms with Gasteiger partial charge in [-0.25, -0.2) is 0 Å². The van der Waals surface area contributed by atoms with E-state index in [1.165, 1.54) is 0 Å². The number of alkyl halides is 1. The zero-order valence-corrected chi connectivity index (χ0v) is 12.0. The van der Waals surface area contributed by atoms with Crippen molar-refractivity contribution >= 4 is 17.6 Å². The van der Waals surface area contributed by atoms with Gasteiger partial charge in [0.15, 0.2) is 5.79 Å². The van der Waals surface area contributed by atoms with Crippen molar-refractivity contribution < 1.29 is 48.9 Å². The molecule has 1 saturated heterocycles. The molecule has 1 aliphatic heterocycles. The van der Waals surface area contributed by atoms with Crippen molar-refractivity contribution in [2.75, 3.05) is 5.88 Å². The molecule has 1 heterocycles. The quantitative estimate of drug-likeness (QED) is 0.400. The second-order valence-corrected chi connectivity index (χ2v) is 4.15. The van der Waals surface area contributed by atoms with Crippen LogP contribution in [-0.2, 0) is 14.3 Å². The van der Waals surface area contributed by atoms with E-state index >= 15 is 0 Å². The van der Waals surface area contributed by atoms with Gasteiger partial charge in [0.1, 0.15) is 0 Å². The molecule has 1 rings (SSSR count). The largest absolute Gasteiger partial charge is 1.00 e. The molecule has 0 aromatic heterocycles. The van der Waals surface area contributed by atoms with E-state index in [2.05, 4.69) is 0 Å². The third-order valence-electron chi connectivity index (χ3n) is 1.99. The normalized spacial score (nSPS) is 29.3. The minimum Gasteiger partial charge on any atom is -0.550 e. The monoisotopic (exact) mass is 244 g/mol. The molecule has 0 radical (unpaired) electrons. The molecule has 6 heteroatoms. The van der Waals surface area contributed by atoms with E-state index < -0.39 is 11.8 Å². The topological polar surface area (TPSA) is 58.6 Å². The summed E-state index contributed by atoms with van der Waals surface area (Å²) in [5, 5.41) is 10.4. The van der Waals surface area contributed by atoms with Gasteiger partial charge >= 0.3 is 29.6 Å². The predicted octanol–water partition coefficient (Wildman–Crippen LogP) is -2.72. The van der Waals surface area contributed by atoms with Crippen LogP contribution in [0.5, 0.6) is 0 Å². The minimum absolute atomic E-state index is 0. The number of ether oxygens (including phenoxy) is 2. The second kappa shape index (κ2) is 6.42. The Balaban J connectivity index is 0.00000196. The number of carbonyl (C=O) groups is 1. The number of carbonyl (C=O) groups excluding carboxylic acids is 1. The third-order valence-corrected chi connectivity index (χ3v) is 2.34. The molecular weight excluding hydrogens is 231 g/mol. The number of rotatable bonds is 3. The number of aliphatic carboxylic acids is 1. The van der Waals surface area contributed by atoms with Gasteiger partial charge in [-0.1, -0.05) is 0 Å². The van der Waals surface area contributed by atoms with Crippen LogP contribution >= 0.6 is 11.6 Å². The molecule has 0 bridgehead atoms. The number of hydrogen-bond donors (Lipinski definition) is 0. The summed E-state index contributed by atoms with van der Waals surface area (Å²) in [6.45, 7) is 3.49. The molecule has 0 aliphatic carbocycles. The van der Waals surface area contributed by atoms with Gasteiger partial charge in [-0.15, -0.1) is 11.6 Å². The van der Waals surface area contributed by atoms with Crippen molar-refractivity contribution in [1.82, 2.24) is 0 Å². The van der Waals surface area contributed by atoms with Crippen LogP contribution in [0.25, 0.3) is 0 Å². The van der Waals surface area contributed by atoms with Crippen LogP contribution in [0.3, 0.4) is 0 Å². The molecule has 0 aromatic carbocycles. The Morgan fingerprint density at radius 1 is 1.47 bits per heavy atom. The fourth-order valence-corrected chi connectivity index (χ4v) is 1.81. The fraction of sp³-hybridized carbons (Fsp3) is 0.889. The molecule has 0 unspecified atom stereocenters. The van der Waals surface area contributed by atoms with E-state index in [4.69, 9.17) is 21.1 Å². The van der Waals surface area contributed by atoms with Gasteiger partial charge in [-0.3, -0.25) is 0 Å². The molecule has 0 aromatic rings. The Labute approximate surface area is 117 Å². The maximum absolute atomic E-state index is 10.4. The second-order valence-electron chi connectivity index (χ2n) is 3.85. The van der Waals surface area contributed by atoms with Crippen molar-refractivity contribution in [2.24, 2.45) is 0 Å². The van der Waals surface area contributed by atoms with Crippen molar-refractivity contribution in [1.29, 1.82) is 0 Å². The Hall–Kier alpha value is 0.680. The van der Waals surface area contributed by atoms with E-state index in [9.17, 15) is 9.90 Å². The number of hydrogen-bond acceptors (Lipinski definition) is 4. The Kier molecular flexibility index (Phi) is 6.72. The molecule has 1 fully saturated rings. The molecule has 0 saturated carbocycles. The van der Waals surface area contributed by atoms with Gasteiger partial charge in [0.25, 0.3) is 0 Å². The minimum atomic E-state index is -1.11. The number of halogens is 1. The summed E-state index contributed by atoms with van der Waals surface area (Å²) in [5.74, 6) is -1.53. The average Bonchev–Trinajstić information content (AvgIpc) is 1.99. The summed E-state index contributed by atoms with van der Waals surface area (Å²) in [6, 6.07) is 0. The summed E-state index contributed by atoms with van der Waals surface area (Å²) in [6.07, 6.45) is -0.126. The molecule has 0 amide bonds. The summed E-state index contributed by atoms with van der Waals surface area (Å²) >= 11 is 5.67. The molecule has 4 nitrogen and oxygen atoms in total. The van der Waals surface area contributed by atoms with Crippen LogP contribution in [0.15, 0.2) is 0 Å². The fourth-order valence-electron chi connectivity index (χ4n) is 1.63. The molecule has 82 valence electrons. The average molecular weight is 245 g/mol. The molecular formula is C9H14ClNaO4. The Morgan fingerprint density at radius 3 is 2.47 bits per heavy atom. The standard InChI is InChI=1S/C9H15ClO4.Na/c1-9(2)13-6(4-8(11)12)3-7(5-10)14-9;/h6-7H,3-5H2,1-2H3,(H,11,12);/q;+1/p-1/t6-,7+;/m1./s1. The smallest absolute Gasteiger partial charge is 0.550 e. The SMILES string of the molecule is CC1(C)O[C@H](CCl)C[C@H](CC(=O)[O-])O1.[Na+]. The summed E-state index contributed by atoms with van der Waals surface area (Å²) in [7, 11) is 0. The van der Waals surface area contributed by atoms with Crippen molar-refractivity contribution in [3.8, 4) is 0 Å². The van der Waals surface area contributed by atoms with Gasteiger partial charge < -0.3 is 19.4 Å². The first-order valence-corrected chi connectivity index (χ1v) is 5.08. The van der Waals surface area contributed by atoms with Gasteiger partial charge in [-0.2, -0.15) is 0 Å². The first-order valence-electron chi connectivity index (χ1n) is 4.54. The Morgan fingerprint density at radius 2 is 2.00 bits per heavy atom. The first kappa shape index (κ1) is 15.7. The molecule has 15 heavy (non-hydrogen) atoms. The van der Waals surface area contributed by atoms with Gasteiger partial charge in [-0.05, 0) is 13.8 Å². The summed E-state index contributed by atoms with van der Waals surface area (Å²) < 4.78 is 10.9. The van der Waals surface area contributed by atoms with Crippen LogP contribution in [-0.4, -0.2) is 29.8 Å². The Bertz CT molecular complexity index is 222. The zero-order chi connectivity index (χ0) is 10.8. The van der Waals surface area contributed by atoms with Crippen LogP contribution < -0.4 is 34.7 Å². The van der Waals surface area contributed by atoms with E-state index in [1.807, 2.05) is 0 Å². The number of carboxylic acids is 1. The van der Waals surface area contributed by atoms with Crippen LogP contribution in [0.4, 0.5) is 0 Å². The van der Waals surface area contributed by atoms with Gasteiger partial charge in [0, 0.05) is 24.7 Å². The predicted molar refractivity (Wildman–Crippen MR) is 48.8 cm³/mol. The van der Waals surface area contributed by atoms with Crippen molar-refractivity contribution in [2.45, 2.75) is 44.7 Å².